The van der Waals surface area contributed by atoms with E-state index in [-0.39, 0.29) is 22.7 Å². The van der Waals surface area contributed by atoms with Crippen LogP contribution in [0.15, 0.2) is 24.3 Å². The second kappa shape index (κ2) is 7.41. The summed E-state index contributed by atoms with van der Waals surface area (Å²) in [4.78, 5) is 26.3. The van der Waals surface area contributed by atoms with Crippen molar-refractivity contribution < 1.29 is 14.3 Å². The summed E-state index contributed by atoms with van der Waals surface area (Å²) >= 11 is 0. The largest absolute Gasteiger partial charge is 0.453 e. The first-order valence-electron chi connectivity index (χ1n) is 10.3. The summed E-state index contributed by atoms with van der Waals surface area (Å²) in [6, 6.07) is 8.97. The molecule has 28 heavy (non-hydrogen) atoms. The minimum absolute atomic E-state index is 0.143. The van der Waals surface area contributed by atoms with Crippen LogP contribution in [0.1, 0.15) is 58.1 Å². The first-order chi connectivity index (χ1) is 13.1. The van der Waals surface area contributed by atoms with Crippen LogP contribution in [0.4, 0.5) is 4.79 Å². The summed E-state index contributed by atoms with van der Waals surface area (Å²) in [7, 11) is 1.34. The number of piperidine rings is 1. The fourth-order valence-corrected chi connectivity index (χ4v) is 4.83. The Morgan fingerprint density at radius 2 is 2.07 bits per heavy atom. The minimum Gasteiger partial charge on any atom is -0.453 e. The number of rotatable bonds is 5. The molecule has 1 aromatic carbocycles. The second-order valence-corrected chi connectivity index (χ2v) is 9.66. The lowest BCUT2D eigenvalue weighted by molar-refractivity contribution is -0.135. The quantitative estimate of drug-likeness (QED) is 0.834. The van der Waals surface area contributed by atoms with Crippen LogP contribution in [0.25, 0.3) is 0 Å². The Bertz CT molecular complexity index is 754. The fourth-order valence-electron chi connectivity index (χ4n) is 4.83. The minimum atomic E-state index is -0.485. The average Bonchev–Trinajstić information content (AvgIpc) is 3.06. The zero-order valence-electron chi connectivity index (χ0n) is 18.0. The van der Waals surface area contributed by atoms with Crippen LogP contribution in [-0.4, -0.2) is 43.6 Å². The van der Waals surface area contributed by atoms with Gasteiger partial charge in [0.15, 0.2) is 0 Å². The lowest BCUT2D eigenvalue weighted by Gasteiger charge is -2.27. The first kappa shape index (κ1) is 20.7. The van der Waals surface area contributed by atoms with Gasteiger partial charge in [0.1, 0.15) is 0 Å². The van der Waals surface area contributed by atoms with Crippen LogP contribution in [0.3, 0.4) is 0 Å². The van der Waals surface area contributed by atoms with E-state index in [0.29, 0.717) is 24.8 Å². The predicted molar refractivity (Wildman–Crippen MR) is 110 cm³/mol. The summed E-state index contributed by atoms with van der Waals surface area (Å²) < 4.78 is 4.61. The van der Waals surface area contributed by atoms with Gasteiger partial charge in [-0.1, -0.05) is 58.9 Å². The van der Waals surface area contributed by atoms with E-state index < -0.39 is 6.09 Å². The summed E-state index contributed by atoms with van der Waals surface area (Å²) in [5.41, 5.74) is 3.09. The van der Waals surface area contributed by atoms with Crippen LogP contribution >= 0.6 is 0 Å². The first-order valence-corrected chi connectivity index (χ1v) is 10.3. The Labute approximate surface area is 168 Å². The Hall–Kier alpha value is -2.04. The molecule has 5 heteroatoms. The molecule has 4 atom stereocenters. The molecule has 1 heterocycles. The highest BCUT2D eigenvalue weighted by Crippen LogP contribution is 2.68. The van der Waals surface area contributed by atoms with Gasteiger partial charge in [0.2, 0.25) is 5.91 Å². The van der Waals surface area contributed by atoms with Gasteiger partial charge in [-0.15, -0.1) is 0 Å². The van der Waals surface area contributed by atoms with Gasteiger partial charge in [-0.25, -0.2) is 4.79 Å². The maximum Gasteiger partial charge on any atom is 0.406 e. The molecule has 2 amide bonds. The lowest BCUT2D eigenvalue weighted by atomic mass is 9.85. The number of nitrogens with zero attached hydrogens (tertiary/aromatic N) is 1. The fraction of sp³-hybridized carbons (Fsp3) is 0.652. The number of fused-ring (bicyclic) bond motifs is 1. The van der Waals surface area contributed by atoms with Gasteiger partial charge in [0, 0.05) is 19.6 Å². The van der Waals surface area contributed by atoms with Crippen LogP contribution in [0.2, 0.25) is 0 Å². The molecular formula is C23H34N2O3. The molecular weight excluding hydrogens is 352 g/mol. The van der Waals surface area contributed by atoms with Gasteiger partial charge in [-0.2, -0.15) is 0 Å². The highest BCUT2D eigenvalue weighted by Gasteiger charge is 2.66. The van der Waals surface area contributed by atoms with E-state index in [0.717, 1.165) is 13.1 Å². The summed E-state index contributed by atoms with van der Waals surface area (Å²) in [6.45, 7) is 13.0. The van der Waals surface area contributed by atoms with Crippen molar-refractivity contribution in [2.45, 2.75) is 52.4 Å². The third-order valence-corrected chi connectivity index (χ3v) is 6.74. The van der Waals surface area contributed by atoms with Gasteiger partial charge in [0.05, 0.1) is 13.0 Å². The standard InChI is InChI=1S/C23H34N2O3/c1-7-15(12-24-21(27)28-6)20(26)25-13-18-19(23(18,5)14-25)16-9-8-10-17(11-16)22(2,3)4/h8-11,15,18-19H,7,12-14H2,1-6H3,(H,24,27). The molecule has 1 saturated carbocycles. The van der Waals surface area contributed by atoms with Crippen molar-refractivity contribution in [1.29, 1.82) is 0 Å². The highest BCUT2D eigenvalue weighted by atomic mass is 16.5. The van der Waals surface area contributed by atoms with E-state index in [1.165, 1.54) is 18.2 Å². The molecule has 154 valence electrons. The smallest absolute Gasteiger partial charge is 0.406 e. The summed E-state index contributed by atoms with van der Waals surface area (Å²) in [5, 5.41) is 2.67. The van der Waals surface area contributed by atoms with Gasteiger partial charge >= 0.3 is 6.09 Å². The van der Waals surface area contributed by atoms with E-state index in [4.69, 9.17) is 0 Å². The van der Waals surface area contributed by atoms with Gasteiger partial charge in [-0.3, -0.25) is 4.79 Å². The molecule has 0 aromatic heterocycles. The molecule has 0 bridgehead atoms. The molecule has 1 saturated heterocycles. The molecule has 1 aromatic rings. The van der Waals surface area contributed by atoms with Crippen molar-refractivity contribution >= 4 is 12.0 Å². The van der Waals surface area contributed by atoms with Crippen molar-refractivity contribution in [3.05, 3.63) is 35.4 Å². The van der Waals surface area contributed by atoms with E-state index >= 15 is 0 Å². The number of hydrogen-bond acceptors (Lipinski definition) is 3. The predicted octanol–water partition coefficient (Wildman–Crippen LogP) is 3.93. The number of methoxy groups -OCH3 is 1. The number of ether oxygens (including phenoxy) is 1. The Morgan fingerprint density at radius 1 is 1.36 bits per heavy atom. The van der Waals surface area contributed by atoms with Crippen LogP contribution in [0.5, 0.6) is 0 Å². The van der Waals surface area contributed by atoms with E-state index in [2.05, 4.69) is 62.0 Å². The SMILES string of the molecule is CCC(CNC(=O)OC)C(=O)N1CC2C(c3cccc(C(C)(C)C)c3)C2(C)C1. The van der Waals surface area contributed by atoms with Crippen molar-refractivity contribution in [1.82, 2.24) is 10.2 Å². The third-order valence-electron chi connectivity index (χ3n) is 6.74. The summed E-state index contributed by atoms with van der Waals surface area (Å²) in [5.74, 6) is 1.02. The molecule has 3 rings (SSSR count). The average molecular weight is 387 g/mol. The lowest BCUT2D eigenvalue weighted by Crippen LogP contribution is -2.42. The van der Waals surface area contributed by atoms with Crippen molar-refractivity contribution in [2.75, 3.05) is 26.7 Å². The van der Waals surface area contributed by atoms with Gasteiger partial charge in [-0.05, 0) is 40.2 Å². The number of nitrogens with one attached hydrogen (secondary N) is 1. The van der Waals surface area contributed by atoms with Crippen LogP contribution < -0.4 is 5.32 Å². The second-order valence-electron chi connectivity index (χ2n) is 9.66. The maximum absolute atomic E-state index is 12.9. The molecule has 2 fully saturated rings. The molecule has 2 aliphatic rings. The monoisotopic (exact) mass is 386 g/mol. The number of amides is 2. The molecule has 4 unspecified atom stereocenters. The molecule has 5 nitrogen and oxygen atoms in total. The van der Waals surface area contributed by atoms with Crippen molar-refractivity contribution in [3.63, 3.8) is 0 Å². The zero-order chi connectivity index (χ0) is 20.7. The highest BCUT2D eigenvalue weighted by molar-refractivity contribution is 5.80. The van der Waals surface area contributed by atoms with E-state index in [9.17, 15) is 9.59 Å². The zero-order valence-corrected chi connectivity index (χ0v) is 18.0. The number of likely N-dealkylation sites (tertiary alicyclic amines) is 1. The molecule has 1 aliphatic heterocycles. The third kappa shape index (κ3) is 3.76. The van der Waals surface area contributed by atoms with Crippen LogP contribution in [-0.2, 0) is 14.9 Å². The maximum atomic E-state index is 12.9. The van der Waals surface area contributed by atoms with Crippen LogP contribution in [0, 0.1) is 17.3 Å². The van der Waals surface area contributed by atoms with E-state index in [1.54, 1.807) is 0 Å². The van der Waals surface area contributed by atoms with Crippen molar-refractivity contribution in [2.24, 2.45) is 17.3 Å². The van der Waals surface area contributed by atoms with Crippen molar-refractivity contribution in [3.8, 4) is 0 Å². The normalized spacial score (nSPS) is 27.1. The molecule has 0 radical (unpaired) electrons. The van der Waals surface area contributed by atoms with E-state index in [1.807, 2.05) is 11.8 Å². The Balaban J connectivity index is 1.64. The van der Waals surface area contributed by atoms with Gasteiger partial charge in [0.25, 0.3) is 0 Å². The van der Waals surface area contributed by atoms with Gasteiger partial charge < -0.3 is 15.0 Å². The Morgan fingerprint density at radius 3 is 2.61 bits per heavy atom. The number of alkyl carbamates (subject to hydrolysis) is 1. The molecule has 1 N–H and O–H groups in total. The topological polar surface area (TPSA) is 58.6 Å². The molecule has 1 aliphatic carbocycles. The summed E-state index contributed by atoms with van der Waals surface area (Å²) in [6.07, 6.45) is 0.221. The number of hydrogen-bond donors (Lipinski definition) is 1. The number of carbonyl (C=O) groups excluding carboxylic acids is 2. The molecule has 0 spiro atoms. The number of carbonyl (C=O) groups is 2. The number of benzene rings is 1. The Kier molecular flexibility index (Phi) is 5.48.